The Morgan fingerprint density at radius 1 is 1.53 bits per heavy atom. The number of aromatic nitrogens is 1. The number of hydrogen-bond acceptors (Lipinski definition) is 3. The maximum absolute atomic E-state index is 6.23. The number of pyridine rings is 1. The highest BCUT2D eigenvalue weighted by molar-refractivity contribution is 6.31. The van der Waals surface area contributed by atoms with Gasteiger partial charge in [0.25, 0.3) is 0 Å². The number of hydrogen-bond donors (Lipinski definition) is 1. The van der Waals surface area contributed by atoms with Gasteiger partial charge in [-0.05, 0) is 30.9 Å². The van der Waals surface area contributed by atoms with Gasteiger partial charge in [0.05, 0.1) is 5.02 Å². The first-order valence-electron chi connectivity index (χ1n) is 7.12. The highest BCUT2D eigenvalue weighted by Crippen LogP contribution is 2.21. The molecule has 1 aromatic heterocycles. The zero-order chi connectivity index (χ0) is 13.8. The van der Waals surface area contributed by atoms with E-state index in [0.29, 0.717) is 12.1 Å². The third-order valence-corrected chi connectivity index (χ3v) is 4.04. The summed E-state index contributed by atoms with van der Waals surface area (Å²) in [5.41, 5.74) is 1.18. The third kappa shape index (κ3) is 4.16. The summed E-state index contributed by atoms with van der Waals surface area (Å²) >= 11 is 6.23. The summed E-state index contributed by atoms with van der Waals surface area (Å²) in [5.74, 6) is 0.718. The van der Waals surface area contributed by atoms with Gasteiger partial charge >= 0.3 is 0 Å². The lowest BCUT2D eigenvalue weighted by Gasteiger charge is -2.40. The van der Waals surface area contributed by atoms with Gasteiger partial charge in [0.15, 0.2) is 0 Å². The summed E-state index contributed by atoms with van der Waals surface area (Å²) in [6.07, 6.45) is 4.78. The second-order valence-electron chi connectivity index (χ2n) is 5.99. The molecule has 106 valence electrons. The van der Waals surface area contributed by atoms with E-state index in [9.17, 15) is 0 Å². The number of rotatable bonds is 4. The van der Waals surface area contributed by atoms with Crippen LogP contribution in [0.2, 0.25) is 5.02 Å². The lowest BCUT2D eigenvalue weighted by molar-refractivity contribution is 0.111. The topological polar surface area (TPSA) is 28.2 Å². The first-order valence-corrected chi connectivity index (χ1v) is 7.50. The van der Waals surface area contributed by atoms with Gasteiger partial charge in [0.1, 0.15) is 0 Å². The van der Waals surface area contributed by atoms with Crippen molar-refractivity contribution in [2.24, 2.45) is 5.92 Å². The van der Waals surface area contributed by atoms with Crippen LogP contribution in [0.25, 0.3) is 0 Å². The Labute approximate surface area is 121 Å². The Morgan fingerprint density at radius 2 is 2.32 bits per heavy atom. The van der Waals surface area contributed by atoms with Crippen molar-refractivity contribution in [3.63, 3.8) is 0 Å². The van der Waals surface area contributed by atoms with Crippen molar-refractivity contribution < 1.29 is 0 Å². The minimum atomic E-state index is 0.545. The van der Waals surface area contributed by atoms with E-state index in [0.717, 1.165) is 30.6 Å². The van der Waals surface area contributed by atoms with Crippen molar-refractivity contribution in [3.8, 4) is 0 Å². The van der Waals surface area contributed by atoms with Crippen LogP contribution >= 0.6 is 11.6 Å². The van der Waals surface area contributed by atoms with Gasteiger partial charge in [0, 0.05) is 44.1 Å². The molecule has 0 saturated carbocycles. The summed E-state index contributed by atoms with van der Waals surface area (Å²) in [4.78, 5) is 6.62. The fourth-order valence-electron chi connectivity index (χ4n) is 2.75. The highest BCUT2D eigenvalue weighted by Gasteiger charge is 2.26. The molecule has 1 aromatic rings. The van der Waals surface area contributed by atoms with Crippen molar-refractivity contribution >= 4 is 11.6 Å². The van der Waals surface area contributed by atoms with Gasteiger partial charge in [-0.2, -0.15) is 0 Å². The van der Waals surface area contributed by atoms with Crippen LogP contribution in [0.4, 0.5) is 0 Å². The van der Waals surface area contributed by atoms with Gasteiger partial charge < -0.3 is 5.32 Å². The molecular formula is C15H24ClN3. The zero-order valence-electron chi connectivity index (χ0n) is 12.1. The van der Waals surface area contributed by atoms with Crippen molar-refractivity contribution in [2.45, 2.75) is 45.8 Å². The molecule has 2 atom stereocenters. The van der Waals surface area contributed by atoms with E-state index < -0.39 is 0 Å². The van der Waals surface area contributed by atoms with Crippen LogP contribution in [0, 0.1) is 5.92 Å². The Kier molecular flexibility index (Phi) is 5.20. The number of nitrogens with one attached hydrogen (secondary N) is 1. The molecule has 2 heterocycles. The number of piperazine rings is 1. The predicted octanol–water partition coefficient (Wildman–Crippen LogP) is 2.94. The lowest BCUT2D eigenvalue weighted by Crippen LogP contribution is -2.55. The molecule has 0 aliphatic carbocycles. The van der Waals surface area contributed by atoms with Crippen LogP contribution < -0.4 is 5.32 Å². The van der Waals surface area contributed by atoms with Crippen molar-refractivity contribution in [3.05, 3.63) is 29.0 Å². The molecule has 0 bridgehead atoms. The van der Waals surface area contributed by atoms with Crippen LogP contribution in [0.3, 0.4) is 0 Å². The lowest BCUT2D eigenvalue weighted by atomic mass is 9.98. The largest absolute Gasteiger partial charge is 0.311 e. The van der Waals surface area contributed by atoms with Crippen molar-refractivity contribution in [1.29, 1.82) is 0 Å². The van der Waals surface area contributed by atoms with E-state index in [-0.39, 0.29) is 0 Å². The monoisotopic (exact) mass is 281 g/mol. The quantitative estimate of drug-likeness (QED) is 0.920. The zero-order valence-corrected chi connectivity index (χ0v) is 12.8. The predicted molar refractivity (Wildman–Crippen MR) is 80.4 cm³/mol. The molecule has 0 aromatic carbocycles. The Morgan fingerprint density at radius 3 is 3.00 bits per heavy atom. The average Bonchev–Trinajstić information content (AvgIpc) is 2.35. The second-order valence-corrected chi connectivity index (χ2v) is 6.40. The Balaban J connectivity index is 2.07. The molecule has 19 heavy (non-hydrogen) atoms. The summed E-state index contributed by atoms with van der Waals surface area (Å²) in [6, 6.07) is 3.17. The maximum Gasteiger partial charge on any atom is 0.0634 e. The molecule has 0 spiro atoms. The van der Waals surface area contributed by atoms with E-state index in [1.54, 1.807) is 6.20 Å². The summed E-state index contributed by atoms with van der Waals surface area (Å²) < 4.78 is 0. The molecule has 1 aliphatic rings. The van der Waals surface area contributed by atoms with Crippen LogP contribution in [0.1, 0.15) is 32.8 Å². The van der Waals surface area contributed by atoms with Crippen LogP contribution in [-0.2, 0) is 6.54 Å². The summed E-state index contributed by atoms with van der Waals surface area (Å²) in [5, 5.41) is 4.36. The molecule has 0 radical (unpaired) electrons. The average molecular weight is 282 g/mol. The Bertz CT molecular complexity index is 408. The molecule has 3 nitrogen and oxygen atoms in total. The molecule has 1 fully saturated rings. The van der Waals surface area contributed by atoms with Gasteiger partial charge in [-0.3, -0.25) is 9.88 Å². The summed E-state index contributed by atoms with van der Waals surface area (Å²) in [7, 11) is 0. The fourth-order valence-corrected chi connectivity index (χ4v) is 2.93. The minimum Gasteiger partial charge on any atom is -0.311 e. The van der Waals surface area contributed by atoms with E-state index in [1.807, 2.05) is 12.3 Å². The first-order chi connectivity index (χ1) is 9.06. The highest BCUT2D eigenvalue weighted by atomic mass is 35.5. The number of nitrogens with zero attached hydrogens (tertiary/aromatic N) is 2. The van der Waals surface area contributed by atoms with Gasteiger partial charge in [0.2, 0.25) is 0 Å². The summed E-state index contributed by atoms with van der Waals surface area (Å²) in [6.45, 7) is 9.89. The SMILES string of the molecule is CC(C)CC1CNC(C)CN1Cc1ccncc1Cl. The molecule has 1 N–H and O–H groups in total. The van der Waals surface area contributed by atoms with Gasteiger partial charge in [-0.15, -0.1) is 0 Å². The first kappa shape index (κ1) is 14.8. The Hall–Kier alpha value is -0.640. The standard InChI is InChI=1S/C15H24ClN3/c1-11(2)6-14-7-18-12(3)9-19(14)10-13-4-5-17-8-15(13)16/h4-5,8,11-12,14,18H,6-7,9-10H2,1-3H3. The maximum atomic E-state index is 6.23. The third-order valence-electron chi connectivity index (χ3n) is 3.70. The molecule has 2 unspecified atom stereocenters. The van der Waals surface area contributed by atoms with Gasteiger partial charge in [-0.1, -0.05) is 25.4 Å². The van der Waals surface area contributed by atoms with E-state index in [1.165, 1.54) is 12.0 Å². The smallest absolute Gasteiger partial charge is 0.0634 e. The molecule has 4 heteroatoms. The molecule has 2 rings (SSSR count). The van der Waals surface area contributed by atoms with Crippen molar-refractivity contribution in [1.82, 2.24) is 15.2 Å². The van der Waals surface area contributed by atoms with Crippen LogP contribution in [-0.4, -0.2) is 35.1 Å². The normalized spacial score (nSPS) is 24.9. The fraction of sp³-hybridized carbons (Fsp3) is 0.667. The van der Waals surface area contributed by atoms with Crippen LogP contribution in [0.5, 0.6) is 0 Å². The molecule has 1 aliphatic heterocycles. The van der Waals surface area contributed by atoms with E-state index in [2.05, 4.69) is 36.0 Å². The minimum absolute atomic E-state index is 0.545. The van der Waals surface area contributed by atoms with E-state index in [4.69, 9.17) is 11.6 Å². The molecular weight excluding hydrogens is 258 g/mol. The second kappa shape index (κ2) is 6.69. The molecule has 1 saturated heterocycles. The number of halogens is 1. The van der Waals surface area contributed by atoms with E-state index >= 15 is 0 Å². The van der Waals surface area contributed by atoms with Gasteiger partial charge in [-0.25, -0.2) is 0 Å². The van der Waals surface area contributed by atoms with Crippen molar-refractivity contribution in [2.75, 3.05) is 13.1 Å². The van der Waals surface area contributed by atoms with Crippen LogP contribution in [0.15, 0.2) is 18.5 Å². The molecule has 0 amide bonds.